The average Bonchev–Trinajstić information content (AvgIpc) is 2.45. The maximum atomic E-state index is 12.0. The standard InChI is InChI=1S/C14H20ClN3O/c1-11(18-7-3-2-4-8-18)10-17-14(19)12-5-6-16-13(15)9-12/h5-6,9,11H,2-4,7-8,10H2,1H3,(H,17,19). The van der Waals surface area contributed by atoms with E-state index in [1.54, 1.807) is 18.3 Å². The summed E-state index contributed by atoms with van der Waals surface area (Å²) in [6.45, 7) is 5.10. The number of rotatable bonds is 4. The molecule has 1 aromatic heterocycles. The third-order valence-corrected chi connectivity index (χ3v) is 3.77. The lowest BCUT2D eigenvalue weighted by molar-refractivity contribution is 0.0930. The number of hydrogen-bond donors (Lipinski definition) is 1. The summed E-state index contributed by atoms with van der Waals surface area (Å²) in [6.07, 6.45) is 5.40. The van der Waals surface area contributed by atoms with Gasteiger partial charge in [0.1, 0.15) is 5.15 Å². The lowest BCUT2D eigenvalue weighted by atomic mass is 10.1. The minimum Gasteiger partial charge on any atom is -0.350 e. The molecule has 0 aliphatic carbocycles. The molecular weight excluding hydrogens is 262 g/mol. The van der Waals surface area contributed by atoms with Gasteiger partial charge in [0.05, 0.1) is 0 Å². The average molecular weight is 282 g/mol. The molecular formula is C14H20ClN3O. The molecule has 0 radical (unpaired) electrons. The van der Waals surface area contributed by atoms with Crippen molar-refractivity contribution < 1.29 is 4.79 Å². The summed E-state index contributed by atoms with van der Waals surface area (Å²) in [5.41, 5.74) is 0.561. The molecule has 0 saturated carbocycles. The summed E-state index contributed by atoms with van der Waals surface area (Å²) in [7, 11) is 0. The SMILES string of the molecule is CC(CNC(=O)c1ccnc(Cl)c1)N1CCCCC1. The number of carbonyl (C=O) groups is 1. The fourth-order valence-corrected chi connectivity index (χ4v) is 2.55. The summed E-state index contributed by atoms with van der Waals surface area (Å²) >= 11 is 5.77. The molecule has 0 aromatic carbocycles. The number of nitrogens with zero attached hydrogens (tertiary/aromatic N) is 2. The summed E-state index contributed by atoms with van der Waals surface area (Å²) in [5.74, 6) is -0.0897. The van der Waals surface area contributed by atoms with Gasteiger partial charge in [0.15, 0.2) is 0 Å². The molecule has 1 unspecified atom stereocenters. The Morgan fingerprint density at radius 2 is 2.21 bits per heavy atom. The van der Waals surface area contributed by atoms with Gasteiger partial charge in [0.25, 0.3) is 5.91 Å². The zero-order chi connectivity index (χ0) is 13.7. The van der Waals surface area contributed by atoms with Crippen molar-refractivity contribution in [1.29, 1.82) is 0 Å². The Hall–Kier alpha value is -1.13. The van der Waals surface area contributed by atoms with E-state index in [1.165, 1.54) is 19.3 Å². The quantitative estimate of drug-likeness (QED) is 0.862. The number of hydrogen-bond acceptors (Lipinski definition) is 3. The second-order valence-electron chi connectivity index (χ2n) is 5.02. The highest BCUT2D eigenvalue weighted by Crippen LogP contribution is 2.12. The number of carbonyl (C=O) groups excluding carboxylic acids is 1. The van der Waals surface area contributed by atoms with Crippen LogP contribution in [0, 0.1) is 0 Å². The van der Waals surface area contributed by atoms with Crippen LogP contribution < -0.4 is 5.32 Å². The van der Waals surface area contributed by atoms with Gasteiger partial charge in [-0.1, -0.05) is 18.0 Å². The molecule has 104 valence electrons. The smallest absolute Gasteiger partial charge is 0.251 e. The number of nitrogens with one attached hydrogen (secondary N) is 1. The summed E-state index contributed by atoms with van der Waals surface area (Å²) in [6, 6.07) is 3.64. The first-order valence-electron chi connectivity index (χ1n) is 6.80. The number of likely N-dealkylation sites (tertiary alicyclic amines) is 1. The molecule has 19 heavy (non-hydrogen) atoms. The fourth-order valence-electron chi connectivity index (χ4n) is 2.37. The zero-order valence-corrected chi connectivity index (χ0v) is 12.0. The van der Waals surface area contributed by atoms with Gasteiger partial charge in [-0.3, -0.25) is 9.69 Å². The van der Waals surface area contributed by atoms with E-state index in [-0.39, 0.29) is 5.91 Å². The lowest BCUT2D eigenvalue weighted by Crippen LogP contribution is -2.44. The Balaban J connectivity index is 1.82. The molecule has 1 aliphatic rings. The van der Waals surface area contributed by atoms with Gasteiger partial charge in [0, 0.05) is 24.3 Å². The number of aromatic nitrogens is 1. The van der Waals surface area contributed by atoms with Crippen LogP contribution in [-0.2, 0) is 0 Å². The summed E-state index contributed by atoms with van der Waals surface area (Å²) < 4.78 is 0. The second-order valence-corrected chi connectivity index (χ2v) is 5.41. The lowest BCUT2D eigenvalue weighted by Gasteiger charge is -2.32. The monoisotopic (exact) mass is 281 g/mol. The Labute approximate surface area is 119 Å². The third kappa shape index (κ3) is 4.18. The number of pyridine rings is 1. The molecule has 0 bridgehead atoms. The van der Waals surface area contributed by atoms with Crippen molar-refractivity contribution in [3.63, 3.8) is 0 Å². The van der Waals surface area contributed by atoms with Crippen molar-refractivity contribution in [1.82, 2.24) is 15.2 Å². The van der Waals surface area contributed by atoms with Crippen LogP contribution in [0.4, 0.5) is 0 Å². The Kier molecular flexibility index (Phi) is 5.16. The molecule has 4 nitrogen and oxygen atoms in total. The number of halogens is 1. The molecule has 1 atom stereocenters. The van der Waals surface area contributed by atoms with E-state index >= 15 is 0 Å². The molecule has 5 heteroatoms. The predicted molar refractivity (Wildman–Crippen MR) is 76.5 cm³/mol. The highest BCUT2D eigenvalue weighted by molar-refractivity contribution is 6.29. The van der Waals surface area contributed by atoms with E-state index in [0.717, 1.165) is 13.1 Å². The normalized spacial score (nSPS) is 18.0. The number of amides is 1. The predicted octanol–water partition coefficient (Wildman–Crippen LogP) is 2.34. The van der Waals surface area contributed by atoms with E-state index < -0.39 is 0 Å². The first-order valence-corrected chi connectivity index (χ1v) is 7.18. The second kappa shape index (κ2) is 6.87. The third-order valence-electron chi connectivity index (χ3n) is 3.56. The zero-order valence-electron chi connectivity index (χ0n) is 11.2. The van der Waals surface area contributed by atoms with Gasteiger partial charge < -0.3 is 5.32 Å². The van der Waals surface area contributed by atoms with E-state index in [9.17, 15) is 4.79 Å². The van der Waals surface area contributed by atoms with Crippen molar-refractivity contribution >= 4 is 17.5 Å². The largest absolute Gasteiger partial charge is 0.350 e. The van der Waals surface area contributed by atoms with E-state index in [1.807, 2.05) is 0 Å². The van der Waals surface area contributed by atoms with E-state index in [4.69, 9.17) is 11.6 Å². The Morgan fingerprint density at radius 1 is 1.47 bits per heavy atom. The highest BCUT2D eigenvalue weighted by Gasteiger charge is 2.17. The van der Waals surface area contributed by atoms with Crippen LogP contribution in [0.5, 0.6) is 0 Å². The topological polar surface area (TPSA) is 45.2 Å². The maximum absolute atomic E-state index is 12.0. The van der Waals surface area contributed by atoms with Gasteiger partial charge in [-0.05, 0) is 45.0 Å². The molecule has 1 fully saturated rings. The molecule has 2 heterocycles. The first kappa shape index (κ1) is 14.3. The highest BCUT2D eigenvalue weighted by atomic mass is 35.5. The maximum Gasteiger partial charge on any atom is 0.251 e. The number of piperidine rings is 1. The van der Waals surface area contributed by atoms with Crippen LogP contribution in [-0.4, -0.2) is 41.5 Å². The van der Waals surface area contributed by atoms with Crippen molar-refractivity contribution in [2.45, 2.75) is 32.2 Å². The van der Waals surface area contributed by atoms with E-state index in [2.05, 4.69) is 22.1 Å². The first-order chi connectivity index (χ1) is 9.16. The molecule has 1 aromatic rings. The van der Waals surface area contributed by atoms with Crippen molar-refractivity contribution in [2.75, 3.05) is 19.6 Å². The van der Waals surface area contributed by atoms with Crippen LogP contribution in [0.2, 0.25) is 5.15 Å². The van der Waals surface area contributed by atoms with Crippen LogP contribution in [0.25, 0.3) is 0 Å². The van der Waals surface area contributed by atoms with Gasteiger partial charge in [0.2, 0.25) is 0 Å². The van der Waals surface area contributed by atoms with Crippen molar-refractivity contribution in [3.05, 3.63) is 29.0 Å². The molecule has 2 rings (SSSR count). The van der Waals surface area contributed by atoms with Gasteiger partial charge in [-0.2, -0.15) is 0 Å². The minimum absolute atomic E-state index is 0.0897. The van der Waals surface area contributed by atoms with Gasteiger partial charge in [-0.25, -0.2) is 4.98 Å². The van der Waals surface area contributed by atoms with Crippen molar-refractivity contribution in [3.8, 4) is 0 Å². The molecule has 1 saturated heterocycles. The minimum atomic E-state index is -0.0897. The summed E-state index contributed by atoms with van der Waals surface area (Å²) in [4.78, 5) is 18.3. The Bertz CT molecular complexity index is 432. The van der Waals surface area contributed by atoms with Gasteiger partial charge >= 0.3 is 0 Å². The van der Waals surface area contributed by atoms with Crippen LogP contribution in [0.1, 0.15) is 36.5 Å². The molecule has 1 amide bonds. The molecule has 0 spiro atoms. The van der Waals surface area contributed by atoms with Crippen LogP contribution >= 0.6 is 11.6 Å². The van der Waals surface area contributed by atoms with Crippen molar-refractivity contribution in [2.24, 2.45) is 0 Å². The summed E-state index contributed by atoms with van der Waals surface area (Å²) in [5, 5.41) is 3.30. The molecule has 1 aliphatic heterocycles. The van der Waals surface area contributed by atoms with Crippen LogP contribution in [0.3, 0.4) is 0 Å². The fraction of sp³-hybridized carbons (Fsp3) is 0.571. The Morgan fingerprint density at radius 3 is 2.89 bits per heavy atom. The van der Waals surface area contributed by atoms with Crippen LogP contribution in [0.15, 0.2) is 18.3 Å². The van der Waals surface area contributed by atoms with Gasteiger partial charge in [-0.15, -0.1) is 0 Å². The van der Waals surface area contributed by atoms with E-state index in [0.29, 0.717) is 23.3 Å². The molecule has 1 N–H and O–H groups in total.